The number of hydrogen-bond donors (Lipinski definition) is 1. The van der Waals surface area contributed by atoms with Crippen LogP contribution in [0.1, 0.15) is 17.5 Å². The molecule has 18 heavy (non-hydrogen) atoms. The first kappa shape index (κ1) is 12.0. The zero-order chi connectivity index (χ0) is 12.6. The third kappa shape index (κ3) is 2.02. The van der Waals surface area contributed by atoms with Crippen LogP contribution in [0.5, 0.6) is 0 Å². The van der Waals surface area contributed by atoms with Gasteiger partial charge in [-0.05, 0) is 42.5 Å². The van der Waals surface area contributed by atoms with Crippen LogP contribution in [0.3, 0.4) is 0 Å². The molecule has 1 N–H and O–H groups in total. The van der Waals surface area contributed by atoms with Crippen molar-refractivity contribution in [1.82, 2.24) is 0 Å². The Bertz CT molecular complexity index is 435. The predicted molar refractivity (Wildman–Crippen MR) is 72.1 cm³/mol. The van der Waals surface area contributed by atoms with Gasteiger partial charge in [0.15, 0.2) is 0 Å². The Hall–Kier alpha value is -1.06. The Morgan fingerprint density at radius 3 is 2.72 bits per heavy atom. The SMILES string of the molecule is CN(CC1(CO)COC1)c1ccc2c(c1)CCC2. The van der Waals surface area contributed by atoms with Crippen molar-refractivity contribution < 1.29 is 9.84 Å². The maximum atomic E-state index is 9.48. The van der Waals surface area contributed by atoms with Crippen LogP contribution in [-0.2, 0) is 17.6 Å². The second kappa shape index (κ2) is 4.56. The molecule has 98 valence electrons. The summed E-state index contributed by atoms with van der Waals surface area (Å²) in [5.74, 6) is 0. The Morgan fingerprint density at radius 1 is 1.28 bits per heavy atom. The van der Waals surface area contributed by atoms with Gasteiger partial charge in [-0.1, -0.05) is 6.07 Å². The molecule has 1 heterocycles. The molecule has 1 aliphatic heterocycles. The molecule has 0 bridgehead atoms. The van der Waals surface area contributed by atoms with Crippen LogP contribution >= 0.6 is 0 Å². The summed E-state index contributed by atoms with van der Waals surface area (Å²) in [6, 6.07) is 6.78. The minimum Gasteiger partial charge on any atom is -0.396 e. The van der Waals surface area contributed by atoms with E-state index in [1.54, 1.807) is 0 Å². The molecule has 0 spiro atoms. The summed E-state index contributed by atoms with van der Waals surface area (Å²) < 4.78 is 5.25. The number of anilines is 1. The largest absolute Gasteiger partial charge is 0.396 e. The number of benzene rings is 1. The zero-order valence-electron chi connectivity index (χ0n) is 11.0. The van der Waals surface area contributed by atoms with E-state index in [4.69, 9.17) is 4.74 Å². The van der Waals surface area contributed by atoms with E-state index < -0.39 is 0 Å². The Labute approximate surface area is 108 Å². The fourth-order valence-electron chi connectivity index (χ4n) is 3.01. The standard InChI is InChI=1S/C15H21NO2/c1-16(8-15(9-17)10-18-11-15)14-6-5-12-3-2-4-13(12)7-14/h5-7,17H,2-4,8-11H2,1H3. The summed E-state index contributed by atoms with van der Waals surface area (Å²) >= 11 is 0. The van der Waals surface area contributed by atoms with Crippen LogP contribution in [0, 0.1) is 5.41 Å². The first-order chi connectivity index (χ1) is 8.72. The van der Waals surface area contributed by atoms with E-state index in [0.29, 0.717) is 13.2 Å². The van der Waals surface area contributed by atoms with Crippen molar-refractivity contribution in [2.75, 3.05) is 38.3 Å². The number of aliphatic hydroxyl groups excluding tert-OH is 1. The molecule has 1 fully saturated rings. The van der Waals surface area contributed by atoms with Crippen molar-refractivity contribution in [2.45, 2.75) is 19.3 Å². The monoisotopic (exact) mass is 247 g/mol. The van der Waals surface area contributed by atoms with Crippen LogP contribution in [-0.4, -0.2) is 38.5 Å². The third-order valence-electron chi connectivity index (χ3n) is 4.25. The minimum absolute atomic E-state index is 0.0479. The predicted octanol–water partition coefficient (Wildman–Crippen LogP) is 1.62. The van der Waals surface area contributed by atoms with E-state index in [1.165, 1.54) is 36.1 Å². The Morgan fingerprint density at radius 2 is 2.06 bits per heavy atom. The van der Waals surface area contributed by atoms with Crippen molar-refractivity contribution in [3.63, 3.8) is 0 Å². The highest BCUT2D eigenvalue weighted by Gasteiger charge is 2.39. The molecule has 0 radical (unpaired) electrons. The molecule has 0 atom stereocenters. The van der Waals surface area contributed by atoms with Crippen molar-refractivity contribution in [3.8, 4) is 0 Å². The van der Waals surface area contributed by atoms with Gasteiger partial charge in [0.05, 0.1) is 25.2 Å². The van der Waals surface area contributed by atoms with E-state index in [1.807, 2.05) is 0 Å². The molecular weight excluding hydrogens is 226 g/mol. The van der Waals surface area contributed by atoms with Gasteiger partial charge in [-0.15, -0.1) is 0 Å². The lowest BCUT2D eigenvalue weighted by atomic mass is 9.86. The van der Waals surface area contributed by atoms with E-state index in [9.17, 15) is 5.11 Å². The van der Waals surface area contributed by atoms with E-state index >= 15 is 0 Å². The summed E-state index contributed by atoms with van der Waals surface area (Å²) in [6.45, 7) is 2.43. The number of aryl methyl sites for hydroxylation is 2. The van der Waals surface area contributed by atoms with Gasteiger partial charge in [-0.2, -0.15) is 0 Å². The fourth-order valence-corrected chi connectivity index (χ4v) is 3.01. The van der Waals surface area contributed by atoms with Crippen LogP contribution in [0.2, 0.25) is 0 Å². The summed E-state index contributed by atoms with van der Waals surface area (Å²) in [6.07, 6.45) is 3.73. The molecular formula is C15H21NO2. The van der Waals surface area contributed by atoms with Crippen LogP contribution in [0.4, 0.5) is 5.69 Å². The molecule has 1 aromatic rings. The van der Waals surface area contributed by atoms with E-state index in [2.05, 4.69) is 30.1 Å². The first-order valence-corrected chi connectivity index (χ1v) is 6.74. The molecule has 3 heteroatoms. The van der Waals surface area contributed by atoms with Crippen LogP contribution < -0.4 is 4.90 Å². The van der Waals surface area contributed by atoms with E-state index in [-0.39, 0.29) is 12.0 Å². The average molecular weight is 247 g/mol. The van der Waals surface area contributed by atoms with Crippen LogP contribution in [0.15, 0.2) is 18.2 Å². The highest BCUT2D eigenvalue weighted by molar-refractivity contribution is 5.52. The normalized spacial score (nSPS) is 20.3. The van der Waals surface area contributed by atoms with Gasteiger partial charge in [0, 0.05) is 19.3 Å². The number of fused-ring (bicyclic) bond motifs is 1. The van der Waals surface area contributed by atoms with Crippen molar-refractivity contribution in [2.24, 2.45) is 5.41 Å². The molecule has 3 nitrogen and oxygen atoms in total. The Kier molecular flexibility index (Phi) is 3.04. The van der Waals surface area contributed by atoms with E-state index in [0.717, 1.165) is 6.54 Å². The average Bonchev–Trinajstić information content (AvgIpc) is 2.80. The van der Waals surface area contributed by atoms with Gasteiger partial charge in [-0.25, -0.2) is 0 Å². The van der Waals surface area contributed by atoms with Gasteiger partial charge in [-0.3, -0.25) is 0 Å². The highest BCUT2D eigenvalue weighted by Crippen LogP contribution is 2.31. The van der Waals surface area contributed by atoms with Crippen molar-refractivity contribution in [1.29, 1.82) is 0 Å². The van der Waals surface area contributed by atoms with Gasteiger partial charge < -0.3 is 14.7 Å². The van der Waals surface area contributed by atoms with Crippen molar-refractivity contribution in [3.05, 3.63) is 29.3 Å². The second-order valence-electron chi connectivity index (χ2n) is 5.81. The minimum atomic E-state index is -0.0479. The summed E-state index contributed by atoms with van der Waals surface area (Å²) in [5.41, 5.74) is 4.22. The Balaban J connectivity index is 1.74. The van der Waals surface area contributed by atoms with Gasteiger partial charge in [0.2, 0.25) is 0 Å². The number of rotatable bonds is 4. The molecule has 0 saturated carbocycles. The van der Waals surface area contributed by atoms with Gasteiger partial charge >= 0.3 is 0 Å². The molecule has 0 unspecified atom stereocenters. The van der Waals surface area contributed by atoms with Gasteiger partial charge in [0.1, 0.15) is 0 Å². The lowest BCUT2D eigenvalue weighted by Crippen LogP contribution is -2.52. The zero-order valence-corrected chi connectivity index (χ0v) is 11.0. The molecule has 3 rings (SSSR count). The third-order valence-corrected chi connectivity index (χ3v) is 4.25. The number of hydrogen-bond acceptors (Lipinski definition) is 3. The molecule has 1 saturated heterocycles. The number of aliphatic hydroxyl groups is 1. The summed E-state index contributed by atoms with van der Waals surface area (Å²) in [4.78, 5) is 2.25. The quantitative estimate of drug-likeness (QED) is 0.877. The molecule has 1 aliphatic carbocycles. The lowest BCUT2D eigenvalue weighted by molar-refractivity contribution is -0.130. The van der Waals surface area contributed by atoms with Crippen LogP contribution in [0.25, 0.3) is 0 Å². The molecule has 2 aliphatic rings. The lowest BCUT2D eigenvalue weighted by Gasteiger charge is -2.42. The summed E-state index contributed by atoms with van der Waals surface area (Å²) in [5, 5.41) is 9.48. The molecule has 0 aromatic heterocycles. The molecule has 1 aromatic carbocycles. The topological polar surface area (TPSA) is 32.7 Å². The highest BCUT2D eigenvalue weighted by atomic mass is 16.5. The van der Waals surface area contributed by atoms with Crippen molar-refractivity contribution >= 4 is 5.69 Å². The number of nitrogens with zero attached hydrogens (tertiary/aromatic N) is 1. The van der Waals surface area contributed by atoms with Gasteiger partial charge in [0.25, 0.3) is 0 Å². The molecule has 0 amide bonds. The second-order valence-corrected chi connectivity index (χ2v) is 5.81. The maximum absolute atomic E-state index is 9.48. The first-order valence-electron chi connectivity index (χ1n) is 6.74. The fraction of sp³-hybridized carbons (Fsp3) is 0.600. The smallest absolute Gasteiger partial charge is 0.0584 e. The maximum Gasteiger partial charge on any atom is 0.0584 e. The number of ether oxygens (including phenoxy) is 1. The summed E-state index contributed by atoms with van der Waals surface area (Å²) in [7, 11) is 2.10.